The molecule has 21 heavy (non-hydrogen) atoms. The Labute approximate surface area is 127 Å². The SMILES string of the molecule is CCCC(O)C(Cc1ccccc1)C(=O)N(N)CC(C)C. The van der Waals surface area contributed by atoms with Crippen LogP contribution in [0.4, 0.5) is 0 Å². The van der Waals surface area contributed by atoms with Crippen LogP contribution in [-0.2, 0) is 11.2 Å². The lowest BCUT2D eigenvalue weighted by Gasteiger charge is -2.27. The molecule has 2 atom stereocenters. The molecule has 0 aliphatic carbocycles. The van der Waals surface area contributed by atoms with Crippen LogP contribution in [0.2, 0.25) is 0 Å². The summed E-state index contributed by atoms with van der Waals surface area (Å²) in [5, 5.41) is 11.6. The van der Waals surface area contributed by atoms with Crippen molar-refractivity contribution in [2.75, 3.05) is 6.54 Å². The Morgan fingerprint density at radius 1 is 1.29 bits per heavy atom. The highest BCUT2D eigenvalue weighted by atomic mass is 16.3. The summed E-state index contributed by atoms with van der Waals surface area (Å²) in [6, 6.07) is 9.77. The highest BCUT2D eigenvalue weighted by Crippen LogP contribution is 2.18. The fourth-order valence-electron chi connectivity index (χ4n) is 2.45. The maximum Gasteiger partial charge on any atom is 0.242 e. The first kappa shape index (κ1) is 17.7. The molecule has 4 heteroatoms. The predicted octanol–water partition coefficient (Wildman–Crippen LogP) is 2.36. The zero-order valence-corrected chi connectivity index (χ0v) is 13.3. The molecule has 0 aromatic heterocycles. The highest BCUT2D eigenvalue weighted by Gasteiger charge is 2.29. The number of carbonyl (C=O) groups is 1. The average Bonchev–Trinajstić information content (AvgIpc) is 2.44. The summed E-state index contributed by atoms with van der Waals surface area (Å²) in [5.41, 5.74) is 1.05. The highest BCUT2D eigenvalue weighted by molar-refractivity contribution is 5.79. The number of carbonyl (C=O) groups excluding carboxylic acids is 1. The van der Waals surface area contributed by atoms with Crippen molar-refractivity contribution in [1.82, 2.24) is 5.01 Å². The fourth-order valence-corrected chi connectivity index (χ4v) is 2.45. The van der Waals surface area contributed by atoms with Crippen molar-refractivity contribution in [1.29, 1.82) is 0 Å². The largest absolute Gasteiger partial charge is 0.392 e. The van der Waals surface area contributed by atoms with E-state index in [9.17, 15) is 9.90 Å². The third-order valence-corrected chi connectivity index (χ3v) is 3.51. The van der Waals surface area contributed by atoms with Gasteiger partial charge in [0.1, 0.15) is 0 Å². The summed E-state index contributed by atoms with van der Waals surface area (Å²) in [5.74, 6) is 5.54. The van der Waals surface area contributed by atoms with Crippen molar-refractivity contribution in [2.24, 2.45) is 17.7 Å². The van der Waals surface area contributed by atoms with Gasteiger partial charge in [0.2, 0.25) is 5.91 Å². The zero-order chi connectivity index (χ0) is 15.8. The van der Waals surface area contributed by atoms with E-state index < -0.39 is 12.0 Å². The number of benzene rings is 1. The zero-order valence-electron chi connectivity index (χ0n) is 13.3. The van der Waals surface area contributed by atoms with Crippen molar-refractivity contribution < 1.29 is 9.90 Å². The lowest BCUT2D eigenvalue weighted by atomic mass is 9.90. The van der Waals surface area contributed by atoms with Gasteiger partial charge in [-0.15, -0.1) is 0 Å². The molecule has 0 aliphatic heterocycles. The summed E-state index contributed by atoms with van der Waals surface area (Å²) in [6.45, 7) is 6.54. The van der Waals surface area contributed by atoms with Crippen molar-refractivity contribution in [3.8, 4) is 0 Å². The van der Waals surface area contributed by atoms with Crippen LogP contribution in [0.1, 0.15) is 39.2 Å². The molecule has 2 unspecified atom stereocenters. The molecule has 1 aromatic carbocycles. The molecule has 0 bridgehead atoms. The van der Waals surface area contributed by atoms with Gasteiger partial charge in [0.15, 0.2) is 0 Å². The van der Waals surface area contributed by atoms with Crippen LogP contribution in [0.5, 0.6) is 0 Å². The molecule has 0 heterocycles. The van der Waals surface area contributed by atoms with Crippen LogP contribution in [-0.4, -0.2) is 28.7 Å². The molecule has 0 spiro atoms. The van der Waals surface area contributed by atoms with E-state index in [2.05, 4.69) is 0 Å². The van der Waals surface area contributed by atoms with Gasteiger partial charge < -0.3 is 5.11 Å². The number of hydrogen-bond donors (Lipinski definition) is 2. The van der Waals surface area contributed by atoms with Gasteiger partial charge in [0.05, 0.1) is 12.0 Å². The molecule has 3 N–H and O–H groups in total. The van der Waals surface area contributed by atoms with Crippen molar-refractivity contribution in [3.63, 3.8) is 0 Å². The minimum atomic E-state index is -0.652. The molecule has 4 nitrogen and oxygen atoms in total. The fraction of sp³-hybridized carbons (Fsp3) is 0.588. The van der Waals surface area contributed by atoms with Gasteiger partial charge in [0, 0.05) is 6.54 Å². The van der Waals surface area contributed by atoms with E-state index in [0.29, 0.717) is 25.3 Å². The van der Waals surface area contributed by atoms with Crippen LogP contribution in [0, 0.1) is 11.8 Å². The van der Waals surface area contributed by atoms with Gasteiger partial charge in [-0.3, -0.25) is 9.80 Å². The normalized spacial score (nSPS) is 14.0. The van der Waals surface area contributed by atoms with Crippen molar-refractivity contribution >= 4 is 5.91 Å². The van der Waals surface area contributed by atoms with Crippen molar-refractivity contribution in [3.05, 3.63) is 35.9 Å². The Balaban J connectivity index is 2.83. The number of amides is 1. The molecule has 0 fully saturated rings. The van der Waals surface area contributed by atoms with E-state index in [0.717, 1.165) is 12.0 Å². The van der Waals surface area contributed by atoms with Crippen molar-refractivity contribution in [2.45, 2.75) is 46.1 Å². The first-order valence-electron chi connectivity index (χ1n) is 7.73. The second-order valence-corrected chi connectivity index (χ2v) is 6.04. The molecule has 0 aliphatic rings. The first-order valence-corrected chi connectivity index (χ1v) is 7.73. The van der Waals surface area contributed by atoms with E-state index in [-0.39, 0.29) is 5.91 Å². The first-order chi connectivity index (χ1) is 9.95. The van der Waals surface area contributed by atoms with E-state index in [1.165, 1.54) is 5.01 Å². The molecule has 0 saturated carbocycles. The number of aliphatic hydroxyl groups is 1. The smallest absolute Gasteiger partial charge is 0.242 e. The Hall–Kier alpha value is -1.39. The van der Waals surface area contributed by atoms with Crippen LogP contribution in [0.15, 0.2) is 30.3 Å². The molecular weight excluding hydrogens is 264 g/mol. The van der Waals surface area contributed by atoms with Gasteiger partial charge in [-0.1, -0.05) is 57.5 Å². The Morgan fingerprint density at radius 3 is 2.43 bits per heavy atom. The number of hydrogen-bond acceptors (Lipinski definition) is 3. The van der Waals surface area contributed by atoms with Gasteiger partial charge >= 0.3 is 0 Å². The molecule has 1 amide bonds. The quantitative estimate of drug-likeness (QED) is 0.439. The lowest BCUT2D eigenvalue weighted by molar-refractivity contribution is -0.140. The van der Waals surface area contributed by atoms with Crippen LogP contribution in [0.25, 0.3) is 0 Å². The van der Waals surface area contributed by atoms with Crippen LogP contribution in [0.3, 0.4) is 0 Å². The minimum absolute atomic E-state index is 0.173. The van der Waals surface area contributed by atoms with Gasteiger partial charge in [-0.05, 0) is 24.3 Å². The maximum atomic E-state index is 12.5. The minimum Gasteiger partial charge on any atom is -0.392 e. The van der Waals surface area contributed by atoms with Crippen LogP contribution < -0.4 is 5.84 Å². The number of aliphatic hydroxyl groups excluding tert-OH is 1. The molecule has 1 rings (SSSR count). The van der Waals surface area contributed by atoms with Gasteiger partial charge in [0.25, 0.3) is 0 Å². The topological polar surface area (TPSA) is 66.6 Å². The summed E-state index contributed by atoms with van der Waals surface area (Å²) in [6.07, 6.45) is 1.32. The van der Waals surface area contributed by atoms with E-state index in [1.807, 2.05) is 51.1 Å². The number of nitrogens with zero attached hydrogens (tertiary/aromatic N) is 1. The molecule has 0 radical (unpaired) electrons. The Kier molecular flexibility index (Phi) is 7.40. The number of nitrogens with two attached hydrogens (primary N) is 1. The number of rotatable bonds is 8. The number of hydrazine groups is 1. The Morgan fingerprint density at radius 2 is 1.90 bits per heavy atom. The third-order valence-electron chi connectivity index (χ3n) is 3.51. The molecule has 1 aromatic rings. The molecular formula is C17H28N2O2. The van der Waals surface area contributed by atoms with E-state index in [1.54, 1.807) is 0 Å². The van der Waals surface area contributed by atoms with E-state index >= 15 is 0 Å². The summed E-state index contributed by atoms with van der Waals surface area (Å²) < 4.78 is 0. The standard InChI is InChI=1S/C17H28N2O2/c1-4-8-16(20)15(11-14-9-6-5-7-10-14)17(21)19(18)12-13(2)3/h5-7,9-10,13,15-16,20H,4,8,11-12,18H2,1-3H3. The maximum absolute atomic E-state index is 12.5. The summed E-state index contributed by atoms with van der Waals surface area (Å²) in [4.78, 5) is 12.5. The van der Waals surface area contributed by atoms with E-state index in [4.69, 9.17) is 5.84 Å². The average molecular weight is 292 g/mol. The second kappa shape index (κ2) is 8.80. The lowest BCUT2D eigenvalue weighted by Crippen LogP contribution is -2.47. The van der Waals surface area contributed by atoms with Crippen LogP contribution >= 0.6 is 0 Å². The summed E-state index contributed by atoms with van der Waals surface area (Å²) in [7, 11) is 0. The Bertz CT molecular complexity index is 420. The molecule has 0 saturated heterocycles. The van der Waals surface area contributed by atoms with Gasteiger partial charge in [-0.25, -0.2) is 5.84 Å². The van der Waals surface area contributed by atoms with Gasteiger partial charge in [-0.2, -0.15) is 0 Å². The predicted molar refractivity (Wildman–Crippen MR) is 85.3 cm³/mol. The second-order valence-electron chi connectivity index (χ2n) is 6.04. The monoisotopic (exact) mass is 292 g/mol. The third kappa shape index (κ3) is 5.86. The molecule has 118 valence electrons. The summed E-state index contributed by atoms with van der Waals surface area (Å²) >= 11 is 0.